The van der Waals surface area contributed by atoms with Gasteiger partial charge in [-0.05, 0) is 30.7 Å². The number of rotatable bonds is 3. The molecule has 0 spiro atoms. The van der Waals surface area contributed by atoms with E-state index in [0.29, 0.717) is 5.92 Å². The van der Waals surface area contributed by atoms with E-state index in [1.165, 1.54) is 18.4 Å². The molecule has 3 nitrogen and oxygen atoms in total. The first kappa shape index (κ1) is 12.5. The number of allylic oxidation sites excluding steroid dienone is 2. The van der Waals surface area contributed by atoms with Crippen LogP contribution in [0.4, 0.5) is 0 Å². The number of oxime groups is 1. The minimum absolute atomic E-state index is 0. The zero-order valence-corrected chi connectivity index (χ0v) is 11.5. The third-order valence-electron chi connectivity index (χ3n) is 2.54. The minimum Gasteiger partial charge on any atom is -0.399 e. The smallest absolute Gasteiger partial charge is 0.106 e. The highest BCUT2D eigenvalue weighted by atomic mass is 127. The largest absolute Gasteiger partial charge is 0.399 e. The topological polar surface area (TPSA) is 24.8 Å². The van der Waals surface area contributed by atoms with Crippen molar-refractivity contribution < 1.29 is 4.84 Å². The van der Waals surface area contributed by atoms with E-state index in [-0.39, 0.29) is 24.0 Å². The number of likely N-dealkylation sites (N-methyl/N-ethyl adjacent to an activating group) is 1. The van der Waals surface area contributed by atoms with Crippen LogP contribution in [0.2, 0.25) is 0 Å². The highest BCUT2D eigenvalue weighted by Gasteiger charge is 2.30. The molecule has 0 amide bonds. The lowest BCUT2D eigenvalue weighted by Gasteiger charge is -2.20. The molecule has 0 aromatic rings. The molecule has 2 rings (SSSR count). The Morgan fingerprint density at radius 1 is 1.53 bits per heavy atom. The van der Waals surface area contributed by atoms with E-state index in [9.17, 15) is 0 Å². The summed E-state index contributed by atoms with van der Waals surface area (Å²) in [5.74, 6) is 0.640. The molecule has 84 valence electrons. The van der Waals surface area contributed by atoms with Crippen molar-refractivity contribution in [2.24, 2.45) is 11.1 Å². The van der Waals surface area contributed by atoms with Crippen LogP contribution in [0.1, 0.15) is 12.8 Å². The number of halogens is 1. The summed E-state index contributed by atoms with van der Waals surface area (Å²) in [5.41, 5.74) is 2.43. The van der Waals surface area contributed by atoms with Gasteiger partial charge in [0, 0.05) is 19.5 Å². The fourth-order valence-electron chi connectivity index (χ4n) is 1.70. The number of hydrogen-bond acceptors (Lipinski definition) is 3. The van der Waals surface area contributed by atoms with Gasteiger partial charge < -0.3 is 9.74 Å². The average molecular weight is 320 g/mol. The van der Waals surface area contributed by atoms with Crippen LogP contribution in [-0.4, -0.2) is 31.3 Å². The number of hydrogen-bond donors (Lipinski definition) is 0. The Kier molecular flexibility index (Phi) is 4.63. The molecule has 0 radical (unpaired) electrons. The van der Waals surface area contributed by atoms with Gasteiger partial charge in [0.05, 0.1) is 5.71 Å². The van der Waals surface area contributed by atoms with Gasteiger partial charge in [-0.2, -0.15) is 0 Å². The van der Waals surface area contributed by atoms with E-state index in [1.54, 1.807) is 7.11 Å². The van der Waals surface area contributed by atoms with Crippen LogP contribution in [0.3, 0.4) is 0 Å². The standard InChI is InChI=1S/C11H16N2O.HI/c1-13-7-3-4-10(8-13)11(12-14-2)9-5-6-9;/h3-4,7,9H,5-6,8H2,1-2H3;1H. The first-order valence-electron chi connectivity index (χ1n) is 5.00. The Morgan fingerprint density at radius 2 is 2.27 bits per heavy atom. The van der Waals surface area contributed by atoms with Crippen LogP contribution in [0.15, 0.2) is 29.1 Å². The summed E-state index contributed by atoms with van der Waals surface area (Å²) in [4.78, 5) is 7.05. The molecule has 0 aromatic carbocycles. The second kappa shape index (κ2) is 5.53. The summed E-state index contributed by atoms with van der Waals surface area (Å²) in [6.07, 6.45) is 8.78. The lowest BCUT2D eigenvalue weighted by molar-refractivity contribution is 0.212. The van der Waals surface area contributed by atoms with E-state index in [2.05, 4.69) is 35.5 Å². The van der Waals surface area contributed by atoms with E-state index in [1.807, 2.05) is 0 Å². The Labute approximate surface area is 108 Å². The van der Waals surface area contributed by atoms with E-state index < -0.39 is 0 Å². The van der Waals surface area contributed by atoms with Crippen molar-refractivity contribution in [3.63, 3.8) is 0 Å². The molecular weight excluding hydrogens is 303 g/mol. The molecule has 0 aromatic heterocycles. The molecule has 2 aliphatic rings. The summed E-state index contributed by atoms with van der Waals surface area (Å²) in [5, 5.41) is 4.13. The quantitative estimate of drug-likeness (QED) is 0.453. The van der Waals surface area contributed by atoms with Crippen LogP contribution in [0.5, 0.6) is 0 Å². The van der Waals surface area contributed by atoms with Gasteiger partial charge in [0.2, 0.25) is 0 Å². The van der Waals surface area contributed by atoms with Gasteiger partial charge in [-0.25, -0.2) is 0 Å². The molecule has 0 bridgehead atoms. The molecule has 4 heteroatoms. The summed E-state index contributed by atoms with van der Waals surface area (Å²) in [7, 11) is 3.69. The third-order valence-corrected chi connectivity index (χ3v) is 2.54. The first-order chi connectivity index (χ1) is 6.81. The maximum atomic E-state index is 4.90. The van der Waals surface area contributed by atoms with Crippen molar-refractivity contribution in [3.05, 3.63) is 23.9 Å². The lowest BCUT2D eigenvalue weighted by Crippen LogP contribution is -2.22. The van der Waals surface area contributed by atoms with Crippen molar-refractivity contribution in [2.45, 2.75) is 12.8 Å². The van der Waals surface area contributed by atoms with Crippen molar-refractivity contribution in [2.75, 3.05) is 20.7 Å². The minimum atomic E-state index is 0. The fourth-order valence-corrected chi connectivity index (χ4v) is 1.70. The van der Waals surface area contributed by atoms with Gasteiger partial charge >= 0.3 is 0 Å². The second-order valence-electron chi connectivity index (χ2n) is 3.88. The Bertz CT molecular complexity index is 306. The van der Waals surface area contributed by atoms with Gasteiger partial charge in [-0.15, -0.1) is 24.0 Å². The SMILES string of the molecule is CON=C(C1=CC=CN(C)C1)C1CC1.I. The van der Waals surface area contributed by atoms with Crippen LogP contribution >= 0.6 is 24.0 Å². The highest BCUT2D eigenvalue weighted by molar-refractivity contribution is 14.0. The maximum absolute atomic E-state index is 4.90. The molecule has 1 aliphatic heterocycles. The molecular formula is C11H17IN2O. The van der Waals surface area contributed by atoms with Crippen molar-refractivity contribution in [1.82, 2.24) is 4.90 Å². The second-order valence-corrected chi connectivity index (χ2v) is 3.88. The molecule has 1 fully saturated rings. The molecule has 0 atom stereocenters. The van der Waals surface area contributed by atoms with Crippen LogP contribution in [-0.2, 0) is 4.84 Å². The molecule has 1 aliphatic carbocycles. The molecule has 15 heavy (non-hydrogen) atoms. The van der Waals surface area contributed by atoms with Crippen LogP contribution < -0.4 is 0 Å². The van der Waals surface area contributed by atoms with Crippen molar-refractivity contribution in [1.29, 1.82) is 0 Å². The van der Waals surface area contributed by atoms with Gasteiger partial charge in [0.25, 0.3) is 0 Å². The summed E-state index contributed by atoms with van der Waals surface area (Å²) >= 11 is 0. The summed E-state index contributed by atoms with van der Waals surface area (Å²) < 4.78 is 0. The lowest BCUT2D eigenvalue weighted by atomic mass is 10.0. The Balaban J connectivity index is 0.00000112. The van der Waals surface area contributed by atoms with Gasteiger partial charge in [-0.3, -0.25) is 0 Å². The first-order valence-corrected chi connectivity index (χ1v) is 5.00. The summed E-state index contributed by atoms with van der Waals surface area (Å²) in [6.45, 7) is 0.940. The van der Waals surface area contributed by atoms with Crippen molar-refractivity contribution in [3.8, 4) is 0 Å². The predicted molar refractivity (Wildman–Crippen MR) is 72.4 cm³/mol. The zero-order chi connectivity index (χ0) is 9.97. The van der Waals surface area contributed by atoms with Gasteiger partial charge in [0.1, 0.15) is 7.11 Å². The predicted octanol–water partition coefficient (Wildman–Crippen LogP) is 2.40. The van der Waals surface area contributed by atoms with Gasteiger partial charge in [0.15, 0.2) is 0 Å². The zero-order valence-electron chi connectivity index (χ0n) is 9.14. The normalized spacial score (nSPS) is 20.8. The molecule has 0 saturated heterocycles. The molecule has 1 saturated carbocycles. The Hall–Kier alpha value is -0.520. The number of nitrogens with zero attached hydrogens (tertiary/aromatic N) is 2. The van der Waals surface area contributed by atoms with Crippen LogP contribution in [0.25, 0.3) is 0 Å². The summed E-state index contributed by atoms with van der Waals surface area (Å²) in [6, 6.07) is 0. The third kappa shape index (κ3) is 3.22. The molecule has 0 unspecified atom stereocenters. The van der Waals surface area contributed by atoms with E-state index in [4.69, 9.17) is 4.84 Å². The van der Waals surface area contributed by atoms with E-state index >= 15 is 0 Å². The van der Waals surface area contributed by atoms with E-state index in [0.717, 1.165) is 12.3 Å². The molecule has 0 N–H and O–H groups in total. The highest BCUT2D eigenvalue weighted by Crippen LogP contribution is 2.34. The molecule has 1 heterocycles. The maximum Gasteiger partial charge on any atom is 0.106 e. The average Bonchev–Trinajstić information content (AvgIpc) is 2.97. The van der Waals surface area contributed by atoms with Crippen molar-refractivity contribution >= 4 is 29.7 Å². The van der Waals surface area contributed by atoms with Crippen LogP contribution in [0, 0.1) is 5.92 Å². The van der Waals surface area contributed by atoms with Gasteiger partial charge in [-0.1, -0.05) is 11.2 Å². The fraction of sp³-hybridized carbons (Fsp3) is 0.545. The monoisotopic (exact) mass is 320 g/mol. The Morgan fingerprint density at radius 3 is 2.80 bits per heavy atom.